The number of phenols is 1. The second-order valence-corrected chi connectivity index (χ2v) is 15.2. The molecule has 0 amide bonds. The average Bonchev–Trinajstić information content (AvgIpc) is 3.29. The third-order valence-corrected chi connectivity index (χ3v) is 12.6. The molecule has 1 N–H and O–H groups in total. The minimum atomic E-state index is -0.710. The molecule has 0 aliphatic heterocycles. The number of hydrogen-bond acceptors (Lipinski definition) is 5. The monoisotopic (exact) mass is 566 g/mol. The predicted molar refractivity (Wildman–Crippen MR) is 161 cm³/mol. The smallest absolute Gasteiger partial charge is 0.344 e. The molecule has 228 valence electrons. The standard InChI is InChI=1S/C36H54O5/c1-23(2)9-8-10-24(3)29-15-16-30-27-14-13-25-21-26(17-19-35(25,4)31(27)18-20-36(29,30)5)41-33(38)22-40-34(39)28-11-6-7-12-32(28)37/h6-7,11-12,23-27,29-31,37H,8-10,13-22H2,1-5H3/t24?,25?,26?,27?,29-,30?,31?,35+,36-/m1/s1. The number of ether oxygens (including phenoxy) is 2. The van der Waals surface area contributed by atoms with Crippen LogP contribution in [0.25, 0.3) is 0 Å². The van der Waals surface area contributed by atoms with Crippen LogP contribution in [-0.2, 0) is 14.3 Å². The van der Waals surface area contributed by atoms with Gasteiger partial charge in [-0.15, -0.1) is 0 Å². The summed E-state index contributed by atoms with van der Waals surface area (Å²) in [7, 11) is 0. The van der Waals surface area contributed by atoms with Crippen LogP contribution in [0.2, 0.25) is 0 Å². The lowest BCUT2D eigenvalue weighted by molar-refractivity contribution is -0.165. The zero-order valence-electron chi connectivity index (χ0n) is 26.2. The molecule has 1 aromatic rings. The van der Waals surface area contributed by atoms with Gasteiger partial charge in [-0.2, -0.15) is 0 Å². The Morgan fingerprint density at radius 2 is 1.66 bits per heavy atom. The van der Waals surface area contributed by atoms with E-state index in [-0.39, 0.29) is 17.4 Å². The number of benzene rings is 1. The summed E-state index contributed by atoms with van der Waals surface area (Å²) in [6.45, 7) is 12.1. The Labute approximate surface area is 248 Å². The Balaban J connectivity index is 1.14. The molecule has 0 aromatic heterocycles. The average molecular weight is 567 g/mol. The van der Waals surface area contributed by atoms with E-state index in [2.05, 4.69) is 34.6 Å². The quantitative estimate of drug-likeness (QED) is 0.303. The summed E-state index contributed by atoms with van der Waals surface area (Å²) >= 11 is 0. The highest BCUT2D eigenvalue weighted by Crippen LogP contribution is 2.68. The number of para-hydroxylation sites is 1. The highest BCUT2D eigenvalue weighted by atomic mass is 16.6. The van der Waals surface area contributed by atoms with Crippen molar-refractivity contribution in [1.82, 2.24) is 0 Å². The third kappa shape index (κ3) is 6.07. The summed E-state index contributed by atoms with van der Waals surface area (Å²) in [6, 6.07) is 6.19. The van der Waals surface area contributed by atoms with E-state index in [1.165, 1.54) is 69.9 Å². The van der Waals surface area contributed by atoms with Gasteiger partial charge in [0.05, 0.1) is 0 Å². The first kappa shape index (κ1) is 30.4. The van der Waals surface area contributed by atoms with Crippen molar-refractivity contribution in [2.24, 2.45) is 52.3 Å². The number of carbonyl (C=O) groups is 2. The molecular formula is C36H54O5. The third-order valence-electron chi connectivity index (χ3n) is 12.6. The number of fused-ring (bicyclic) bond motifs is 5. The van der Waals surface area contributed by atoms with Crippen LogP contribution in [-0.4, -0.2) is 29.8 Å². The summed E-state index contributed by atoms with van der Waals surface area (Å²) in [5.41, 5.74) is 0.913. The number of aromatic hydroxyl groups is 1. The van der Waals surface area contributed by atoms with Crippen LogP contribution in [0.4, 0.5) is 0 Å². The van der Waals surface area contributed by atoms with E-state index in [4.69, 9.17) is 9.47 Å². The lowest BCUT2D eigenvalue weighted by Crippen LogP contribution is -2.54. The van der Waals surface area contributed by atoms with Gasteiger partial charge in [-0.05, 0) is 122 Å². The molecule has 4 fully saturated rings. The molecule has 4 aliphatic rings. The molecule has 1 aromatic carbocycles. The van der Waals surface area contributed by atoms with Crippen molar-refractivity contribution < 1.29 is 24.2 Å². The van der Waals surface area contributed by atoms with E-state index in [0.717, 1.165) is 54.8 Å². The topological polar surface area (TPSA) is 72.8 Å². The van der Waals surface area contributed by atoms with E-state index < -0.39 is 18.5 Å². The van der Waals surface area contributed by atoms with Crippen LogP contribution in [0.15, 0.2) is 24.3 Å². The molecule has 0 saturated heterocycles. The van der Waals surface area contributed by atoms with Gasteiger partial charge in [-0.1, -0.05) is 66.0 Å². The van der Waals surface area contributed by atoms with Crippen molar-refractivity contribution in [2.45, 2.75) is 118 Å². The first-order chi connectivity index (χ1) is 19.5. The largest absolute Gasteiger partial charge is 0.507 e. The summed E-state index contributed by atoms with van der Waals surface area (Å²) in [5.74, 6) is 4.31. The Morgan fingerprint density at radius 1 is 0.927 bits per heavy atom. The first-order valence-electron chi connectivity index (χ1n) is 16.7. The molecule has 0 bridgehead atoms. The normalized spacial score (nSPS) is 37.0. The molecule has 6 unspecified atom stereocenters. The van der Waals surface area contributed by atoms with Gasteiger partial charge in [0.1, 0.15) is 17.4 Å². The molecule has 9 atom stereocenters. The van der Waals surface area contributed by atoms with Crippen molar-refractivity contribution in [2.75, 3.05) is 6.61 Å². The van der Waals surface area contributed by atoms with E-state index >= 15 is 0 Å². The van der Waals surface area contributed by atoms with Gasteiger partial charge >= 0.3 is 11.9 Å². The second kappa shape index (κ2) is 12.3. The van der Waals surface area contributed by atoms with E-state index in [0.29, 0.717) is 16.7 Å². The molecule has 0 spiro atoms. The van der Waals surface area contributed by atoms with Gasteiger partial charge in [-0.25, -0.2) is 9.59 Å². The van der Waals surface area contributed by atoms with Gasteiger partial charge in [0.15, 0.2) is 6.61 Å². The van der Waals surface area contributed by atoms with Crippen LogP contribution >= 0.6 is 0 Å². The summed E-state index contributed by atoms with van der Waals surface area (Å²) in [6.07, 6.45) is 15.2. The van der Waals surface area contributed by atoms with Gasteiger partial charge in [0, 0.05) is 0 Å². The first-order valence-corrected chi connectivity index (χ1v) is 16.7. The van der Waals surface area contributed by atoms with Gasteiger partial charge < -0.3 is 14.6 Å². The van der Waals surface area contributed by atoms with Crippen LogP contribution in [0.3, 0.4) is 0 Å². The van der Waals surface area contributed by atoms with Crippen molar-refractivity contribution >= 4 is 11.9 Å². The van der Waals surface area contributed by atoms with Crippen LogP contribution in [0.1, 0.15) is 122 Å². The Morgan fingerprint density at radius 3 is 2.41 bits per heavy atom. The maximum Gasteiger partial charge on any atom is 0.344 e. The molecule has 5 rings (SSSR count). The highest BCUT2D eigenvalue weighted by molar-refractivity contribution is 5.93. The molecule has 4 saturated carbocycles. The second-order valence-electron chi connectivity index (χ2n) is 15.2. The summed E-state index contributed by atoms with van der Waals surface area (Å²) in [4.78, 5) is 24.8. The molecule has 5 heteroatoms. The van der Waals surface area contributed by atoms with Crippen molar-refractivity contribution in [3.8, 4) is 5.75 Å². The highest BCUT2D eigenvalue weighted by Gasteiger charge is 2.60. The predicted octanol–water partition coefficient (Wildman–Crippen LogP) is 8.58. The SMILES string of the molecule is CC(C)CCCC(C)[C@H]1CCC2C3CCC4CC(OC(=O)COC(=O)c5ccccc5O)CC[C@]4(C)C3CC[C@@]21C. The number of esters is 2. The molecule has 4 aliphatic carbocycles. The number of rotatable bonds is 9. The van der Waals surface area contributed by atoms with Crippen molar-refractivity contribution in [3.05, 3.63) is 29.8 Å². The number of hydrogen-bond donors (Lipinski definition) is 1. The fraction of sp³-hybridized carbons (Fsp3) is 0.778. The maximum atomic E-state index is 12.6. The number of carbonyl (C=O) groups excluding carboxylic acids is 2. The van der Waals surface area contributed by atoms with Crippen molar-refractivity contribution in [1.29, 1.82) is 0 Å². The lowest BCUT2D eigenvalue weighted by Gasteiger charge is -2.61. The maximum absolute atomic E-state index is 12.6. The molecule has 5 nitrogen and oxygen atoms in total. The van der Waals surface area contributed by atoms with Crippen LogP contribution < -0.4 is 0 Å². The van der Waals surface area contributed by atoms with Crippen molar-refractivity contribution in [3.63, 3.8) is 0 Å². The molecular weight excluding hydrogens is 512 g/mol. The van der Waals surface area contributed by atoms with Gasteiger partial charge in [0.25, 0.3) is 0 Å². The van der Waals surface area contributed by atoms with Crippen LogP contribution in [0, 0.1) is 52.3 Å². The zero-order valence-corrected chi connectivity index (χ0v) is 26.2. The Kier molecular flexibility index (Phi) is 9.12. The van der Waals surface area contributed by atoms with Gasteiger partial charge in [0.2, 0.25) is 0 Å². The minimum absolute atomic E-state index is 0.0586. The summed E-state index contributed by atoms with van der Waals surface area (Å²) < 4.78 is 11.0. The molecule has 41 heavy (non-hydrogen) atoms. The van der Waals surface area contributed by atoms with E-state index in [1.54, 1.807) is 12.1 Å². The minimum Gasteiger partial charge on any atom is -0.507 e. The molecule has 0 heterocycles. The lowest BCUT2D eigenvalue weighted by atomic mass is 9.44. The Bertz CT molecular complexity index is 1080. The van der Waals surface area contributed by atoms with E-state index in [1.807, 2.05) is 0 Å². The fourth-order valence-electron chi connectivity index (χ4n) is 10.4. The fourth-order valence-corrected chi connectivity index (χ4v) is 10.4. The Hall–Kier alpha value is -2.04. The molecule has 0 radical (unpaired) electrons. The van der Waals surface area contributed by atoms with Gasteiger partial charge in [-0.3, -0.25) is 0 Å². The zero-order chi connectivity index (χ0) is 29.4. The number of phenolic OH excluding ortho intramolecular Hbond substituents is 1. The van der Waals surface area contributed by atoms with E-state index in [9.17, 15) is 14.7 Å². The summed E-state index contributed by atoms with van der Waals surface area (Å²) in [5, 5.41) is 9.86. The van der Waals surface area contributed by atoms with Crippen LogP contribution in [0.5, 0.6) is 5.75 Å².